The molecule has 0 spiro atoms. The fourth-order valence-corrected chi connectivity index (χ4v) is 0.718. The van der Waals surface area contributed by atoms with Crippen LogP contribution in [0.25, 0.3) is 0 Å². The molecule has 3 nitrogen and oxygen atoms in total. The Labute approximate surface area is 70.8 Å². The number of aromatic nitrogens is 2. The fraction of sp³-hybridized carbons (Fsp3) is 0.429. The van der Waals surface area contributed by atoms with Gasteiger partial charge in [-0.05, 0) is 13.0 Å². The Bertz CT molecular complexity index is 200. The molecule has 0 bridgehead atoms. The monoisotopic (exact) mass is 171 g/mol. The molecule has 0 aliphatic heterocycles. The predicted octanol–water partition coefficient (Wildman–Crippen LogP) is 1.52. The molecule has 0 radical (unpaired) electrons. The molecule has 1 aromatic heterocycles. The number of hydrogen-bond donors (Lipinski definition) is 1. The van der Waals surface area contributed by atoms with Gasteiger partial charge in [-0.2, -0.15) is 0 Å². The van der Waals surface area contributed by atoms with Crippen LogP contribution in [0.15, 0.2) is 18.6 Å². The number of alkyl halides is 1. The highest BCUT2D eigenvalue weighted by Gasteiger charge is 1.95. The first-order chi connectivity index (χ1) is 5.29. The molecule has 11 heavy (non-hydrogen) atoms. The summed E-state index contributed by atoms with van der Waals surface area (Å²) in [6, 6.07) is 1.80. The van der Waals surface area contributed by atoms with Gasteiger partial charge in [0.2, 0.25) is 0 Å². The lowest BCUT2D eigenvalue weighted by Gasteiger charge is -2.04. The number of nitrogens with one attached hydrogen (secondary N) is 1. The van der Waals surface area contributed by atoms with Crippen molar-refractivity contribution in [2.24, 2.45) is 0 Å². The lowest BCUT2D eigenvalue weighted by molar-refractivity contribution is 0.973. The van der Waals surface area contributed by atoms with Gasteiger partial charge < -0.3 is 5.32 Å². The zero-order valence-corrected chi connectivity index (χ0v) is 7.04. The van der Waals surface area contributed by atoms with Gasteiger partial charge in [-0.15, -0.1) is 11.6 Å². The summed E-state index contributed by atoms with van der Waals surface area (Å²) in [6.07, 6.45) is 3.19. The third-order valence-electron chi connectivity index (χ3n) is 1.15. The number of nitrogens with zero attached hydrogens (tertiary/aromatic N) is 2. The van der Waals surface area contributed by atoms with Gasteiger partial charge in [0.25, 0.3) is 0 Å². The van der Waals surface area contributed by atoms with E-state index in [2.05, 4.69) is 15.3 Å². The molecule has 1 heterocycles. The van der Waals surface area contributed by atoms with E-state index in [1.165, 1.54) is 6.33 Å². The largest absolute Gasteiger partial charge is 0.369 e. The van der Waals surface area contributed by atoms with Crippen LogP contribution in [-0.4, -0.2) is 21.9 Å². The van der Waals surface area contributed by atoms with E-state index in [4.69, 9.17) is 11.6 Å². The van der Waals surface area contributed by atoms with Crippen molar-refractivity contribution in [3.8, 4) is 0 Å². The maximum atomic E-state index is 5.72. The molecule has 1 aromatic rings. The van der Waals surface area contributed by atoms with Gasteiger partial charge >= 0.3 is 0 Å². The average molecular weight is 172 g/mol. The summed E-state index contributed by atoms with van der Waals surface area (Å²) in [5.41, 5.74) is 0. The molecule has 1 unspecified atom stereocenters. The minimum atomic E-state index is 0.116. The summed E-state index contributed by atoms with van der Waals surface area (Å²) in [7, 11) is 0. The topological polar surface area (TPSA) is 37.8 Å². The van der Waals surface area contributed by atoms with Gasteiger partial charge in [-0.1, -0.05) is 0 Å². The van der Waals surface area contributed by atoms with Crippen LogP contribution in [0.5, 0.6) is 0 Å². The Morgan fingerprint density at radius 2 is 2.55 bits per heavy atom. The Balaban J connectivity index is 2.39. The number of rotatable bonds is 3. The first kappa shape index (κ1) is 8.27. The zero-order valence-electron chi connectivity index (χ0n) is 6.29. The zero-order chi connectivity index (χ0) is 8.10. The average Bonchev–Trinajstić information content (AvgIpc) is 2.03. The molecular weight excluding hydrogens is 162 g/mol. The van der Waals surface area contributed by atoms with E-state index in [9.17, 15) is 0 Å². The van der Waals surface area contributed by atoms with Crippen LogP contribution in [-0.2, 0) is 0 Å². The molecule has 1 N–H and O–H groups in total. The van der Waals surface area contributed by atoms with Crippen molar-refractivity contribution < 1.29 is 0 Å². The van der Waals surface area contributed by atoms with Gasteiger partial charge in [0.05, 0.1) is 0 Å². The summed E-state index contributed by atoms with van der Waals surface area (Å²) in [5.74, 6) is 0.813. The maximum Gasteiger partial charge on any atom is 0.129 e. The minimum Gasteiger partial charge on any atom is -0.369 e. The summed E-state index contributed by atoms with van der Waals surface area (Å²) < 4.78 is 0. The van der Waals surface area contributed by atoms with Gasteiger partial charge in [-0.3, -0.25) is 0 Å². The van der Waals surface area contributed by atoms with Crippen molar-refractivity contribution in [2.45, 2.75) is 12.3 Å². The van der Waals surface area contributed by atoms with E-state index in [1.807, 2.05) is 6.92 Å². The lowest BCUT2D eigenvalue weighted by atomic mass is 10.4. The highest BCUT2D eigenvalue weighted by atomic mass is 35.5. The minimum absolute atomic E-state index is 0.116. The molecule has 0 saturated heterocycles. The van der Waals surface area contributed by atoms with Crippen molar-refractivity contribution in [1.82, 2.24) is 9.97 Å². The van der Waals surface area contributed by atoms with Crippen molar-refractivity contribution >= 4 is 17.4 Å². The Morgan fingerprint density at radius 1 is 1.73 bits per heavy atom. The lowest BCUT2D eigenvalue weighted by Crippen LogP contribution is -2.11. The van der Waals surface area contributed by atoms with Crippen LogP contribution >= 0.6 is 11.6 Å². The second kappa shape index (κ2) is 4.13. The second-order valence-corrected chi connectivity index (χ2v) is 3.00. The van der Waals surface area contributed by atoms with Crippen LogP contribution in [0.1, 0.15) is 6.92 Å². The molecule has 1 atom stereocenters. The van der Waals surface area contributed by atoms with E-state index in [1.54, 1.807) is 12.3 Å². The quantitative estimate of drug-likeness (QED) is 0.701. The van der Waals surface area contributed by atoms with Crippen LogP contribution in [0.3, 0.4) is 0 Å². The number of hydrogen-bond acceptors (Lipinski definition) is 3. The molecule has 0 aliphatic rings. The smallest absolute Gasteiger partial charge is 0.129 e. The summed E-state index contributed by atoms with van der Waals surface area (Å²) in [5, 5.41) is 3.18. The van der Waals surface area contributed by atoms with E-state index < -0.39 is 0 Å². The molecule has 0 fully saturated rings. The first-order valence-electron chi connectivity index (χ1n) is 3.43. The van der Waals surface area contributed by atoms with E-state index in [0.717, 1.165) is 12.4 Å². The standard InChI is InChI=1S/C7H10ClN3/c1-6(8)4-10-7-2-3-9-5-11-7/h2-3,5-6H,4H2,1H3,(H,9,10,11). The summed E-state index contributed by atoms with van der Waals surface area (Å²) >= 11 is 5.72. The van der Waals surface area contributed by atoms with E-state index in [0.29, 0.717) is 0 Å². The highest BCUT2D eigenvalue weighted by molar-refractivity contribution is 6.20. The van der Waals surface area contributed by atoms with E-state index in [-0.39, 0.29) is 5.38 Å². The summed E-state index contributed by atoms with van der Waals surface area (Å²) in [6.45, 7) is 2.65. The molecule has 60 valence electrons. The van der Waals surface area contributed by atoms with Crippen molar-refractivity contribution in [3.05, 3.63) is 18.6 Å². The van der Waals surface area contributed by atoms with Crippen LogP contribution in [0.2, 0.25) is 0 Å². The van der Waals surface area contributed by atoms with E-state index >= 15 is 0 Å². The Kier molecular flexibility index (Phi) is 3.11. The van der Waals surface area contributed by atoms with Gasteiger partial charge in [-0.25, -0.2) is 9.97 Å². The van der Waals surface area contributed by atoms with Gasteiger partial charge in [0.15, 0.2) is 0 Å². The fourth-order valence-electron chi connectivity index (χ4n) is 0.640. The molecule has 0 aromatic carbocycles. The Hall–Kier alpha value is -0.830. The van der Waals surface area contributed by atoms with Crippen molar-refractivity contribution in [2.75, 3.05) is 11.9 Å². The van der Waals surface area contributed by atoms with Gasteiger partial charge in [0.1, 0.15) is 12.1 Å². The highest BCUT2D eigenvalue weighted by Crippen LogP contribution is 1.99. The Morgan fingerprint density at radius 3 is 3.09 bits per heavy atom. The van der Waals surface area contributed by atoms with Crippen LogP contribution in [0, 0.1) is 0 Å². The SMILES string of the molecule is CC(Cl)CNc1ccncn1. The summed E-state index contributed by atoms with van der Waals surface area (Å²) in [4.78, 5) is 7.76. The maximum absolute atomic E-state index is 5.72. The molecular formula is C7H10ClN3. The third-order valence-corrected chi connectivity index (χ3v) is 1.30. The molecule has 0 saturated carbocycles. The second-order valence-electron chi connectivity index (χ2n) is 2.26. The van der Waals surface area contributed by atoms with Crippen molar-refractivity contribution in [3.63, 3.8) is 0 Å². The number of anilines is 1. The van der Waals surface area contributed by atoms with Crippen LogP contribution < -0.4 is 5.32 Å². The van der Waals surface area contributed by atoms with Crippen molar-refractivity contribution in [1.29, 1.82) is 0 Å². The molecule has 4 heteroatoms. The normalized spacial score (nSPS) is 12.5. The van der Waals surface area contributed by atoms with Crippen LogP contribution in [0.4, 0.5) is 5.82 Å². The van der Waals surface area contributed by atoms with Gasteiger partial charge in [0, 0.05) is 18.1 Å². The third kappa shape index (κ3) is 3.18. The predicted molar refractivity (Wildman–Crippen MR) is 45.8 cm³/mol. The number of halogens is 1. The molecule has 0 aliphatic carbocycles. The molecule has 0 amide bonds. The first-order valence-corrected chi connectivity index (χ1v) is 3.86. The molecule has 1 rings (SSSR count).